The van der Waals surface area contributed by atoms with E-state index in [0.717, 1.165) is 32.4 Å². The highest BCUT2D eigenvalue weighted by Crippen LogP contribution is 2.55. The van der Waals surface area contributed by atoms with E-state index in [2.05, 4.69) is 48.0 Å². The second-order valence-electron chi connectivity index (χ2n) is 7.23. The molecule has 1 aromatic carbocycles. The number of nitrogens with one attached hydrogen (secondary N) is 1. The number of aromatic nitrogens is 1. The zero-order chi connectivity index (χ0) is 15.4. The molecule has 0 aliphatic carbocycles. The van der Waals surface area contributed by atoms with Crippen LogP contribution in [0.25, 0.3) is 10.9 Å². The van der Waals surface area contributed by atoms with Gasteiger partial charge < -0.3 is 10.1 Å². The number of benzene rings is 1. The molecule has 2 unspecified atom stereocenters. The summed E-state index contributed by atoms with van der Waals surface area (Å²) < 4.78 is 0. The lowest BCUT2D eigenvalue weighted by Crippen LogP contribution is -2.63. The van der Waals surface area contributed by atoms with E-state index < -0.39 is 0 Å². The third kappa shape index (κ3) is 1.59. The molecule has 2 aliphatic rings. The first-order chi connectivity index (χ1) is 10.7. The third-order valence-corrected chi connectivity index (χ3v) is 6.66. The Bertz CT molecular complexity index is 701. The molecule has 118 valence electrons. The number of aliphatic hydroxyl groups excluding tert-OH is 1. The lowest BCUT2D eigenvalue weighted by Gasteiger charge is -2.59. The summed E-state index contributed by atoms with van der Waals surface area (Å²) in [6, 6.07) is 8.64. The van der Waals surface area contributed by atoms with Crippen LogP contribution in [-0.4, -0.2) is 34.7 Å². The van der Waals surface area contributed by atoms with Gasteiger partial charge in [0.15, 0.2) is 0 Å². The van der Waals surface area contributed by atoms with Crippen LogP contribution in [0.3, 0.4) is 0 Å². The topological polar surface area (TPSA) is 39.3 Å². The van der Waals surface area contributed by atoms with Gasteiger partial charge in [0.2, 0.25) is 0 Å². The van der Waals surface area contributed by atoms with Crippen LogP contribution in [-0.2, 0) is 12.0 Å². The number of H-pyrrole nitrogens is 1. The van der Waals surface area contributed by atoms with Gasteiger partial charge in [0.25, 0.3) is 0 Å². The standard InChI is InChI=1S/C19H26N2O/c1-3-19(13-22)10-6-11-21-12-9-15-14-7-4-5-8-16(14)20-17(15)18(19,21)2/h4-5,7-8,20,22H,3,6,9-13H2,1-2H3. The lowest BCUT2D eigenvalue weighted by atomic mass is 9.60. The van der Waals surface area contributed by atoms with Crippen LogP contribution >= 0.6 is 0 Å². The molecule has 1 saturated heterocycles. The minimum atomic E-state index is -0.0820. The first-order valence-corrected chi connectivity index (χ1v) is 8.62. The highest BCUT2D eigenvalue weighted by atomic mass is 16.3. The molecule has 22 heavy (non-hydrogen) atoms. The van der Waals surface area contributed by atoms with Crippen molar-refractivity contribution in [1.29, 1.82) is 0 Å². The largest absolute Gasteiger partial charge is 0.396 e. The Labute approximate surface area is 132 Å². The van der Waals surface area contributed by atoms with E-state index >= 15 is 0 Å². The molecule has 2 aliphatic heterocycles. The van der Waals surface area contributed by atoms with Gasteiger partial charge in [-0.05, 0) is 50.8 Å². The zero-order valence-corrected chi connectivity index (χ0v) is 13.7. The zero-order valence-electron chi connectivity index (χ0n) is 13.7. The molecule has 2 atom stereocenters. The number of rotatable bonds is 2. The first kappa shape index (κ1) is 14.3. The van der Waals surface area contributed by atoms with Gasteiger partial charge in [-0.15, -0.1) is 0 Å². The summed E-state index contributed by atoms with van der Waals surface area (Å²) in [5.41, 5.74) is 3.95. The molecular weight excluding hydrogens is 272 g/mol. The second-order valence-corrected chi connectivity index (χ2v) is 7.23. The summed E-state index contributed by atoms with van der Waals surface area (Å²) in [4.78, 5) is 6.35. The van der Waals surface area contributed by atoms with Crippen molar-refractivity contribution in [2.24, 2.45) is 5.41 Å². The van der Waals surface area contributed by atoms with Crippen LogP contribution < -0.4 is 0 Å². The van der Waals surface area contributed by atoms with Gasteiger partial charge in [-0.25, -0.2) is 0 Å². The van der Waals surface area contributed by atoms with Gasteiger partial charge in [-0.2, -0.15) is 0 Å². The highest BCUT2D eigenvalue weighted by Gasteiger charge is 2.56. The van der Waals surface area contributed by atoms with Crippen LogP contribution in [0.5, 0.6) is 0 Å². The van der Waals surface area contributed by atoms with Crippen LogP contribution in [0.4, 0.5) is 0 Å². The average molecular weight is 298 g/mol. The Morgan fingerprint density at radius 1 is 1.27 bits per heavy atom. The number of nitrogens with zero attached hydrogens (tertiary/aromatic N) is 1. The average Bonchev–Trinajstić information content (AvgIpc) is 2.94. The number of aliphatic hydroxyl groups is 1. The predicted octanol–water partition coefficient (Wildman–Crippen LogP) is 3.42. The van der Waals surface area contributed by atoms with Crippen molar-refractivity contribution >= 4 is 10.9 Å². The number of fused-ring (bicyclic) bond motifs is 5. The van der Waals surface area contributed by atoms with E-state index in [1.165, 1.54) is 28.6 Å². The summed E-state index contributed by atoms with van der Waals surface area (Å²) in [6.07, 6.45) is 4.44. The number of hydrogen-bond acceptors (Lipinski definition) is 2. The molecule has 0 saturated carbocycles. The fraction of sp³-hybridized carbons (Fsp3) is 0.579. The fourth-order valence-corrected chi connectivity index (χ4v) is 5.16. The highest BCUT2D eigenvalue weighted by molar-refractivity contribution is 5.85. The molecule has 0 bridgehead atoms. The number of hydrogen-bond donors (Lipinski definition) is 2. The predicted molar refractivity (Wildman–Crippen MR) is 90.0 cm³/mol. The Morgan fingerprint density at radius 3 is 2.86 bits per heavy atom. The van der Waals surface area contributed by atoms with Gasteiger partial charge in [0, 0.05) is 28.6 Å². The van der Waals surface area contributed by atoms with Crippen LogP contribution in [0, 0.1) is 5.41 Å². The van der Waals surface area contributed by atoms with Crippen molar-refractivity contribution in [3.05, 3.63) is 35.5 Å². The van der Waals surface area contributed by atoms with E-state index in [1.54, 1.807) is 0 Å². The second kappa shape index (κ2) is 4.84. The van der Waals surface area contributed by atoms with Gasteiger partial charge in [0.1, 0.15) is 0 Å². The van der Waals surface area contributed by atoms with Crippen LogP contribution in [0.1, 0.15) is 44.4 Å². The summed E-state index contributed by atoms with van der Waals surface area (Å²) in [6.45, 7) is 7.12. The Morgan fingerprint density at radius 2 is 2.09 bits per heavy atom. The summed E-state index contributed by atoms with van der Waals surface area (Å²) in [5.74, 6) is 0. The van der Waals surface area contributed by atoms with Crippen LogP contribution in [0.2, 0.25) is 0 Å². The number of piperidine rings is 1. The molecule has 1 aromatic heterocycles. The van der Waals surface area contributed by atoms with Crippen molar-refractivity contribution in [1.82, 2.24) is 9.88 Å². The van der Waals surface area contributed by atoms with E-state index in [0.29, 0.717) is 0 Å². The molecule has 3 nitrogen and oxygen atoms in total. The molecule has 0 amide bonds. The maximum absolute atomic E-state index is 10.3. The quantitative estimate of drug-likeness (QED) is 0.891. The summed E-state index contributed by atoms with van der Waals surface area (Å²) in [5, 5.41) is 11.7. The molecule has 4 rings (SSSR count). The molecule has 0 radical (unpaired) electrons. The van der Waals surface area contributed by atoms with Crippen molar-refractivity contribution in [3.63, 3.8) is 0 Å². The summed E-state index contributed by atoms with van der Waals surface area (Å²) >= 11 is 0. The van der Waals surface area contributed by atoms with Crippen molar-refractivity contribution in [2.45, 2.75) is 45.1 Å². The number of para-hydroxylation sites is 1. The molecule has 1 fully saturated rings. The smallest absolute Gasteiger partial charge is 0.0664 e. The molecule has 3 heterocycles. The monoisotopic (exact) mass is 298 g/mol. The van der Waals surface area contributed by atoms with Gasteiger partial charge in [-0.3, -0.25) is 4.90 Å². The normalized spacial score (nSPS) is 32.0. The maximum Gasteiger partial charge on any atom is 0.0664 e. The van der Waals surface area contributed by atoms with E-state index in [9.17, 15) is 5.11 Å². The molecular formula is C19H26N2O. The van der Waals surface area contributed by atoms with Crippen molar-refractivity contribution < 1.29 is 5.11 Å². The van der Waals surface area contributed by atoms with Gasteiger partial charge in [-0.1, -0.05) is 25.1 Å². The molecule has 2 N–H and O–H groups in total. The van der Waals surface area contributed by atoms with Gasteiger partial charge >= 0.3 is 0 Å². The molecule has 0 spiro atoms. The summed E-state index contributed by atoms with van der Waals surface area (Å²) in [7, 11) is 0. The Balaban J connectivity index is 1.99. The number of aromatic amines is 1. The van der Waals surface area contributed by atoms with Crippen LogP contribution in [0.15, 0.2) is 24.3 Å². The molecule has 2 aromatic rings. The van der Waals surface area contributed by atoms with E-state index in [1.807, 2.05) is 0 Å². The Hall–Kier alpha value is -1.32. The maximum atomic E-state index is 10.3. The first-order valence-electron chi connectivity index (χ1n) is 8.62. The van der Waals surface area contributed by atoms with Crippen molar-refractivity contribution in [2.75, 3.05) is 19.7 Å². The fourth-order valence-electron chi connectivity index (χ4n) is 5.16. The minimum Gasteiger partial charge on any atom is -0.396 e. The lowest BCUT2D eigenvalue weighted by molar-refractivity contribution is -0.107. The SMILES string of the molecule is CCC1(CO)CCCN2CCc3c([nH]c4ccccc34)C21C. The Kier molecular flexibility index (Phi) is 3.14. The van der Waals surface area contributed by atoms with Crippen molar-refractivity contribution in [3.8, 4) is 0 Å². The van der Waals surface area contributed by atoms with E-state index in [-0.39, 0.29) is 17.6 Å². The minimum absolute atomic E-state index is 0.0404. The third-order valence-electron chi connectivity index (χ3n) is 6.66. The van der Waals surface area contributed by atoms with Gasteiger partial charge in [0.05, 0.1) is 12.1 Å². The molecule has 3 heteroatoms. The van der Waals surface area contributed by atoms with E-state index in [4.69, 9.17) is 0 Å².